The molecule has 0 radical (unpaired) electrons. The Kier molecular flexibility index (Phi) is 5.11. The summed E-state index contributed by atoms with van der Waals surface area (Å²) in [6, 6.07) is 9.89. The van der Waals surface area contributed by atoms with Crippen molar-refractivity contribution in [3.63, 3.8) is 0 Å². The van der Waals surface area contributed by atoms with Crippen molar-refractivity contribution >= 4 is 12.0 Å². The third-order valence-electron chi connectivity index (χ3n) is 4.46. The highest BCUT2D eigenvalue weighted by atomic mass is 16.5. The van der Waals surface area contributed by atoms with Gasteiger partial charge in [-0.05, 0) is 25.5 Å². The highest BCUT2D eigenvalue weighted by molar-refractivity contribution is 5.91. The standard InChI is InChI=1S/C19H23N3O2/c1-15-18(16(2)24-20-15)14-21-10-12-22(13-11-21)19(23)9-8-17-6-4-3-5-7-17/h3-9H,10-14H2,1-2H3. The van der Waals surface area contributed by atoms with Crippen molar-refractivity contribution in [1.82, 2.24) is 15.0 Å². The van der Waals surface area contributed by atoms with E-state index in [0.717, 1.165) is 49.7 Å². The molecule has 1 aliphatic heterocycles. The number of hydrogen-bond acceptors (Lipinski definition) is 4. The monoisotopic (exact) mass is 325 g/mol. The Morgan fingerprint density at radius 3 is 2.50 bits per heavy atom. The minimum absolute atomic E-state index is 0.0795. The molecule has 1 amide bonds. The quantitative estimate of drug-likeness (QED) is 0.811. The van der Waals surface area contributed by atoms with E-state index in [2.05, 4.69) is 10.1 Å². The van der Waals surface area contributed by atoms with Crippen molar-refractivity contribution in [3.05, 3.63) is 59.0 Å². The molecule has 0 aliphatic carbocycles. The van der Waals surface area contributed by atoms with Gasteiger partial charge >= 0.3 is 0 Å². The topological polar surface area (TPSA) is 49.6 Å². The number of carbonyl (C=O) groups is 1. The molecule has 0 saturated carbocycles. The summed E-state index contributed by atoms with van der Waals surface area (Å²) in [7, 11) is 0. The molecule has 1 aromatic carbocycles. The van der Waals surface area contributed by atoms with E-state index in [4.69, 9.17) is 4.52 Å². The maximum absolute atomic E-state index is 12.3. The highest BCUT2D eigenvalue weighted by Gasteiger charge is 2.21. The molecule has 0 atom stereocenters. The second-order valence-corrected chi connectivity index (χ2v) is 6.15. The van der Waals surface area contributed by atoms with Crippen molar-refractivity contribution in [2.75, 3.05) is 26.2 Å². The predicted octanol–water partition coefficient (Wildman–Crippen LogP) is 2.65. The molecule has 5 heteroatoms. The molecular weight excluding hydrogens is 302 g/mol. The van der Waals surface area contributed by atoms with Crippen molar-refractivity contribution < 1.29 is 9.32 Å². The minimum Gasteiger partial charge on any atom is -0.361 e. The summed E-state index contributed by atoms with van der Waals surface area (Å²) in [5.41, 5.74) is 3.17. The molecule has 3 rings (SSSR count). The number of aryl methyl sites for hydroxylation is 2. The van der Waals surface area contributed by atoms with Crippen LogP contribution in [0.5, 0.6) is 0 Å². The van der Waals surface area contributed by atoms with Gasteiger partial charge in [-0.25, -0.2) is 0 Å². The first-order chi connectivity index (χ1) is 11.6. The lowest BCUT2D eigenvalue weighted by Gasteiger charge is -2.34. The predicted molar refractivity (Wildman–Crippen MR) is 93.3 cm³/mol. The van der Waals surface area contributed by atoms with Crippen LogP contribution in [0.4, 0.5) is 0 Å². The molecule has 0 bridgehead atoms. The number of carbonyl (C=O) groups excluding carboxylic acids is 1. The van der Waals surface area contributed by atoms with E-state index in [1.165, 1.54) is 5.56 Å². The molecule has 1 aliphatic rings. The first kappa shape index (κ1) is 16.5. The number of aromatic nitrogens is 1. The van der Waals surface area contributed by atoms with Crippen LogP contribution < -0.4 is 0 Å². The first-order valence-corrected chi connectivity index (χ1v) is 8.29. The molecule has 0 spiro atoms. The Hall–Kier alpha value is -2.40. The van der Waals surface area contributed by atoms with Gasteiger partial charge in [0.1, 0.15) is 5.76 Å². The van der Waals surface area contributed by atoms with Crippen molar-refractivity contribution in [2.24, 2.45) is 0 Å². The number of nitrogens with zero attached hydrogens (tertiary/aromatic N) is 3. The molecular formula is C19H23N3O2. The van der Waals surface area contributed by atoms with E-state index in [1.807, 2.05) is 55.2 Å². The molecule has 2 aromatic rings. The lowest BCUT2D eigenvalue weighted by Crippen LogP contribution is -2.47. The maximum Gasteiger partial charge on any atom is 0.246 e. The van der Waals surface area contributed by atoms with Gasteiger partial charge in [-0.15, -0.1) is 0 Å². The molecule has 0 N–H and O–H groups in total. The number of piperazine rings is 1. The summed E-state index contributed by atoms with van der Waals surface area (Å²) in [6.45, 7) is 8.00. The van der Waals surface area contributed by atoms with Gasteiger partial charge in [0.05, 0.1) is 5.69 Å². The Morgan fingerprint density at radius 2 is 1.88 bits per heavy atom. The van der Waals surface area contributed by atoms with E-state index in [9.17, 15) is 4.79 Å². The van der Waals surface area contributed by atoms with Gasteiger partial charge in [-0.3, -0.25) is 9.69 Å². The Balaban J connectivity index is 1.51. The van der Waals surface area contributed by atoms with Crippen LogP contribution >= 0.6 is 0 Å². The average Bonchev–Trinajstić information content (AvgIpc) is 2.93. The van der Waals surface area contributed by atoms with Gasteiger partial charge in [-0.2, -0.15) is 0 Å². The lowest BCUT2D eigenvalue weighted by molar-refractivity contribution is -0.127. The van der Waals surface area contributed by atoms with E-state index >= 15 is 0 Å². The maximum atomic E-state index is 12.3. The van der Waals surface area contributed by atoms with Crippen molar-refractivity contribution in [2.45, 2.75) is 20.4 Å². The molecule has 24 heavy (non-hydrogen) atoms. The molecule has 1 saturated heterocycles. The zero-order chi connectivity index (χ0) is 16.9. The van der Waals surface area contributed by atoms with Crippen LogP contribution in [0.25, 0.3) is 6.08 Å². The summed E-state index contributed by atoms with van der Waals surface area (Å²) in [5, 5.41) is 4.00. The van der Waals surface area contributed by atoms with Crippen LogP contribution in [0, 0.1) is 13.8 Å². The molecule has 126 valence electrons. The number of hydrogen-bond donors (Lipinski definition) is 0. The van der Waals surface area contributed by atoms with Crippen molar-refractivity contribution in [3.8, 4) is 0 Å². The van der Waals surface area contributed by atoms with Gasteiger partial charge in [0.25, 0.3) is 0 Å². The Bertz CT molecular complexity index is 694. The summed E-state index contributed by atoms with van der Waals surface area (Å²) in [6.07, 6.45) is 3.54. The number of benzene rings is 1. The molecule has 1 aromatic heterocycles. The van der Waals surface area contributed by atoms with Crippen LogP contribution in [0.15, 0.2) is 40.9 Å². The Morgan fingerprint density at radius 1 is 1.17 bits per heavy atom. The van der Waals surface area contributed by atoms with Gasteiger partial charge < -0.3 is 9.42 Å². The fraction of sp³-hybridized carbons (Fsp3) is 0.368. The fourth-order valence-corrected chi connectivity index (χ4v) is 2.91. The fourth-order valence-electron chi connectivity index (χ4n) is 2.91. The third-order valence-corrected chi connectivity index (χ3v) is 4.46. The number of amides is 1. The van der Waals surface area contributed by atoms with E-state index in [-0.39, 0.29) is 5.91 Å². The van der Waals surface area contributed by atoms with Crippen LogP contribution in [-0.4, -0.2) is 47.0 Å². The summed E-state index contributed by atoms with van der Waals surface area (Å²) in [5.74, 6) is 0.965. The van der Waals surface area contributed by atoms with Crippen molar-refractivity contribution in [1.29, 1.82) is 0 Å². The molecule has 0 unspecified atom stereocenters. The SMILES string of the molecule is Cc1noc(C)c1CN1CCN(C(=O)C=Cc2ccccc2)CC1. The average molecular weight is 325 g/mol. The lowest BCUT2D eigenvalue weighted by atomic mass is 10.1. The van der Waals surface area contributed by atoms with Crippen LogP contribution in [0.1, 0.15) is 22.6 Å². The van der Waals surface area contributed by atoms with E-state index < -0.39 is 0 Å². The summed E-state index contributed by atoms with van der Waals surface area (Å²) < 4.78 is 5.22. The van der Waals surface area contributed by atoms with Crippen LogP contribution in [-0.2, 0) is 11.3 Å². The van der Waals surface area contributed by atoms with Gasteiger partial charge in [-0.1, -0.05) is 35.5 Å². The zero-order valence-electron chi connectivity index (χ0n) is 14.2. The third kappa shape index (κ3) is 3.92. The van der Waals surface area contributed by atoms with Crippen LogP contribution in [0.2, 0.25) is 0 Å². The van der Waals surface area contributed by atoms with Gasteiger partial charge in [0.2, 0.25) is 5.91 Å². The Labute approximate surface area is 142 Å². The van der Waals surface area contributed by atoms with Gasteiger partial charge in [0.15, 0.2) is 0 Å². The molecule has 5 nitrogen and oxygen atoms in total. The summed E-state index contributed by atoms with van der Waals surface area (Å²) in [4.78, 5) is 16.5. The molecule has 2 heterocycles. The highest BCUT2D eigenvalue weighted by Crippen LogP contribution is 2.16. The van der Waals surface area contributed by atoms with E-state index in [1.54, 1.807) is 6.08 Å². The largest absolute Gasteiger partial charge is 0.361 e. The molecule has 1 fully saturated rings. The van der Waals surface area contributed by atoms with Crippen LogP contribution in [0.3, 0.4) is 0 Å². The number of rotatable bonds is 4. The smallest absolute Gasteiger partial charge is 0.246 e. The second kappa shape index (κ2) is 7.45. The second-order valence-electron chi connectivity index (χ2n) is 6.15. The van der Waals surface area contributed by atoms with Gasteiger partial charge in [0, 0.05) is 44.4 Å². The van der Waals surface area contributed by atoms with E-state index in [0.29, 0.717) is 0 Å². The zero-order valence-corrected chi connectivity index (χ0v) is 14.2. The minimum atomic E-state index is 0.0795. The summed E-state index contributed by atoms with van der Waals surface area (Å²) >= 11 is 0. The first-order valence-electron chi connectivity index (χ1n) is 8.29. The normalized spacial score (nSPS) is 16.0.